The van der Waals surface area contributed by atoms with Gasteiger partial charge in [0.2, 0.25) is 0 Å². The van der Waals surface area contributed by atoms with E-state index in [0.29, 0.717) is 17.3 Å². The fourth-order valence-electron chi connectivity index (χ4n) is 2.37. The van der Waals surface area contributed by atoms with Crippen LogP contribution < -0.4 is 10.5 Å². The Balaban J connectivity index is 1.75. The minimum atomic E-state index is -0.583. The summed E-state index contributed by atoms with van der Waals surface area (Å²) in [6, 6.07) is 14.9. The van der Waals surface area contributed by atoms with Crippen molar-refractivity contribution in [3.05, 3.63) is 82.9 Å². The fraction of sp³-hybridized carbons (Fsp3) is 0.111. The number of primary amides is 1. The Bertz CT molecular complexity index is 846. The molecule has 0 aliphatic heterocycles. The maximum Gasteiger partial charge on any atom is 0.252 e. The van der Waals surface area contributed by atoms with Crippen molar-refractivity contribution in [1.29, 1.82) is 0 Å². The predicted molar refractivity (Wildman–Crippen MR) is 92.1 cm³/mol. The summed E-state index contributed by atoms with van der Waals surface area (Å²) in [6.07, 6.45) is 3.61. The summed E-state index contributed by atoms with van der Waals surface area (Å²) in [5.74, 6) is 0.561. The first kappa shape index (κ1) is 16.1. The highest BCUT2D eigenvalue weighted by atomic mass is 35.5. The normalized spacial score (nSPS) is 10.5. The molecule has 0 fully saturated rings. The minimum absolute atomic E-state index is 0.224. The smallest absolute Gasteiger partial charge is 0.252 e. The van der Waals surface area contributed by atoms with Gasteiger partial charge in [-0.3, -0.25) is 4.79 Å². The molecule has 1 aromatic heterocycles. The van der Waals surface area contributed by atoms with Gasteiger partial charge in [-0.1, -0.05) is 41.9 Å². The molecule has 6 heteroatoms. The van der Waals surface area contributed by atoms with Crippen molar-refractivity contribution in [2.45, 2.75) is 13.2 Å². The Morgan fingerprint density at radius 1 is 1.21 bits per heavy atom. The monoisotopic (exact) mass is 341 g/mol. The largest absolute Gasteiger partial charge is 0.485 e. The molecule has 5 nitrogen and oxygen atoms in total. The average Bonchev–Trinajstić information content (AvgIpc) is 3.01. The van der Waals surface area contributed by atoms with Crippen LogP contribution in [0, 0.1) is 0 Å². The molecule has 3 rings (SSSR count). The summed E-state index contributed by atoms with van der Waals surface area (Å²) in [6.45, 7) is 0.921. The molecule has 1 heterocycles. The van der Waals surface area contributed by atoms with Crippen LogP contribution in [0.4, 0.5) is 0 Å². The van der Waals surface area contributed by atoms with Crippen molar-refractivity contribution >= 4 is 17.5 Å². The van der Waals surface area contributed by atoms with Gasteiger partial charge in [0, 0.05) is 24.0 Å². The van der Waals surface area contributed by atoms with E-state index in [4.69, 9.17) is 22.1 Å². The van der Waals surface area contributed by atoms with Crippen LogP contribution in [0.2, 0.25) is 5.02 Å². The molecule has 0 aliphatic rings. The summed E-state index contributed by atoms with van der Waals surface area (Å²) in [5.41, 5.74) is 6.79. The van der Waals surface area contributed by atoms with Gasteiger partial charge < -0.3 is 15.0 Å². The molecule has 3 aromatic rings. The summed E-state index contributed by atoms with van der Waals surface area (Å²) >= 11 is 5.90. The molecule has 0 atom stereocenters. The number of benzene rings is 2. The molecule has 0 bridgehead atoms. The highest BCUT2D eigenvalue weighted by molar-refractivity contribution is 6.31. The van der Waals surface area contributed by atoms with Gasteiger partial charge in [-0.05, 0) is 23.8 Å². The first-order chi connectivity index (χ1) is 11.6. The van der Waals surface area contributed by atoms with E-state index >= 15 is 0 Å². The number of imidazole rings is 1. The van der Waals surface area contributed by atoms with Gasteiger partial charge >= 0.3 is 0 Å². The van der Waals surface area contributed by atoms with E-state index in [1.165, 1.54) is 11.6 Å². The number of nitrogens with two attached hydrogens (primary N) is 1. The number of rotatable bonds is 6. The van der Waals surface area contributed by atoms with Gasteiger partial charge in [-0.15, -0.1) is 0 Å². The van der Waals surface area contributed by atoms with Crippen molar-refractivity contribution in [3.63, 3.8) is 0 Å². The maximum atomic E-state index is 11.5. The number of ether oxygens (including phenoxy) is 1. The Hall–Kier alpha value is -2.79. The van der Waals surface area contributed by atoms with E-state index in [0.717, 1.165) is 5.82 Å². The summed E-state index contributed by atoms with van der Waals surface area (Å²) < 4.78 is 7.73. The molecular formula is C18H16ClN3O2. The topological polar surface area (TPSA) is 70.1 Å². The van der Waals surface area contributed by atoms with Gasteiger partial charge in [-0.2, -0.15) is 0 Å². The lowest BCUT2D eigenvalue weighted by Gasteiger charge is -2.11. The van der Waals surface area contributed by atoms with E-state index in [1.54, 1.807) is 18.3 Å². The number of aromatic nitrogens is 2. The third-order valence-electron chi connectivity index (χ3n) is 3.56. The minimum Gasteiger partial charge on any atom is -0.485 e. The quantitative estimate of drug-likeness (QED) is 0.748. The second kappa shape index (κ2) is 7.19. The average molecular weight is 342 g/mol. The second-order valence-corrected chi connectivity index (χ2v) is 5.69. The molecule has 0 saturated heterocycles. The Kier molecular flexibility index (Phi) is 4.82. The van der Waals surface area contributed by atoms with Gasteiger partial charge in [-0.25, -0.2) is 4.98 Å². The zero-order valence-electron chi connectivity index (χ0n) is 12.9. The van der Waals surface area contributed by atoms with Crippen LogP contribution in [-0.2, 0) is 13.2 Å². The van der Waals surface area contributed by atoms with Crippen LogP contribution in [0.15, 0.2) is 60.9 Å². The predicted octanol–water partition coefficient (Wildman–Crippen LogP) is 3.26. The lowest BCUT2D eigenvalue weighted by molar-refractivity contribution is 0.0995. The van der Waals surface area contributed by atoms with Crippen molar-refractivity contribution in [3.8, 4) is 5.75 Å². The number of halogens is 1. The first-order valence-electron chi connectivity index (χ1n) is 7.39. The highest BCUT2D eigenvalue weighted by Gasteiger charge is 2.12. The molecule has 2 N–H and O–H groups in total. The standard InChI is InChI=1S/C18H16ClN3O2/c19-14-6-7-16(15(10-14)18(20)23)24-12-17-21-8-9-22(17)11-13-4-2-1-3-5-13/h1-10H,11-12H2,(H2,20,23). The molecular weight excluding hydrogens is 326 g/mol. The number of hydrogen-bond acceptors (Lipinski definition) is 3. The highest BCUT2D eigenvalue weighted by Crippen LogP contribution is 2.23. The molecule has 2 aromatic carbocycles. The molecule has 122 valence electrons. The number of carbonyl (C=O) groups is 1. The van der Waals surface area contributed by atoms with Crippen LogP contribution in [0.1, 0.15) is 21.7 Å². The molecule has 0 unspecified atom stereocenters. The second-order valence-electron chi connectivity index (χ2n) is 5.25. The van der Waals surface area contributed by atoms with Crippen LogP contribution in [0.5, 0.6) is 5.75 Å². The maximum absolute atomic E-state index is 11.5. The van der Waals surface area contributed by atoms with Crippen molar-refractivity contribution in [2.75, 3.05) is 0 Å². The Labute approximate surface area is 144 Å². The number of nitrogens with zero attached hydrogens (tertiary/aromatic N) is 2. The lowest BCUT2D eigenvalue weighted by Crippen LogP contribution is -2.14. The van der Waals surface area contributed by atoms with E-state index in [-0.39, 0.29) is 12.2 Å². The molecule has 24 heavy (non-hydrogen) atoms. The third kappa shape index (κ3) is 3.75. The van der Waals surface area contributed by atoms with Crippen LogP contribution >= 0.6 is 11.6 Å². The van der Waals surface area contributed by atoms with Crippen molar-refractivity contribution < 1.29 is 9.53 Å². The zero-order chi connectivity index (χ0) is 16.9. The number of carbonyl (C=O) groups excluding carboxylic acids is 1. The summed E-state index contributed by atoms with van der Waals surface area (Å²) in [5, 5.41) is 0.432. The molecule has 0 radical (unpaired) electrons. The van der Waals surface area contributed by atoms with E-state index < -0.39 is 5.91 Å². The molecule has 0 spiro atoms. The van der Waals surface area contributed by atoms with Crippen LogP contribution in [0.25, 0.3) is 0 Å². The molecule has 0 aliphatic carbocycles. The Morgan fingerprint density at radius 3 is 2.75 bits per heavy atom. The van der Waals surface area contributed by atoms with E-state index in [2.05, 4.69) is 17.1 Å². The van der Waals surface area contributed by atoms with E-state index in [9.17, 15) is 4.79 Å². The van der Waals surface area contributed by atoms with Gasteiger partial charge in [0.15, 0.2) is 0 Å². The van der Waals surface area contributed by atoms with Crippen molar-refractivity contribution in [1.82, 2.24) is 9.55 Å². The molecule has 0 saturated carbocycles. The SMILES string of the molecule is NC(=O)c1cc(Cl)ccc1OCc1nccn1Cc1ccccc1. The first-order valence-corrected chi connectivity index (χ1v) is 7.77. The fourth-order valence-corrected chi connectivity index (χ4v) is 2.54. The van der Waals surface area contributed by atoms with Gasteiger partial charge in [0.1, 0.15) is 18.2 Å². The zero-order valence-corrected chi connectivity index (χ0v) is 13.6. The summed E-state index contributed by atoms with van der Waals surface area (Å²) in [4.78, 5) is 15.8. The summed E-state index contributed by atoms with van der Waals surface area (Å²) in [7, 11) is 0. The van der Waals surface area contributed by atoms with Crippen molar-refractivity contribution in [2.24, 2.45) is 5.73 Å². The Morgan fingerprint density at radius 2 is 2.00 bits per heavy atom. The van der Waals surface area contributed by atoms with Gasteiger partial charge in [0.25, 0.3) is 5.91 Å². The third-order valence-corrected chi connectivity index (χ3v) is 3.80. The molecule has 1 amide bonds. The lowest BCUT2D eigenvalue weighted by atomic mass is 10.2. The van der Waals surface area contributed by atoms with Gasteiger partial charge in [0.05, 0.1) is 5.56 Å². The number of hydrogen-bond donors (Lipinski definition) is 1. The number of amides is 1. The van der Waals surface area contributed by atoms with E-state index in [1.807, 2.05) is 29.0 Å². The van der Waals surface area contributed by atoms with Crippen LogP contribution in [-0.4, -0.2) is 15.5 Å². The van der Waals surface area contributed by atoms with Crippen LogP contribution in [0.3, 0.4) is 0 Å².